The molecule has 31 heavy (non-hydrogen) atoms. The number of hydrogen-bond acceptors (Lipinski definition) is 7. The lowest BCUT2D eigenvalue weighted by Gasteiger charge is -2.32. The smallest absolute Gasteiger partial charge is 0.399 e. The Balaban J connectivity index is 1.47. The molecule has 1 saturated heterocycles. The van der Waals surface area contributed by atoms with Gasteiger partial charge in [0.2, 0.25) is 0 Å². The van der Waals surface area contributed by atoms with E-state index in [0.29, 0.717) is 29.1 Å². The number of nitrogen functional groups attached to an aromatic ring is 2. The molecule has 0 atom stereocenters. The Kier molecular flexibility index (Phi) is 5.79. The van der Waals surface area contributed by atoms with Crippen molar-refractivity contribution < 1.29 is 9.31 Å². The number of anilines is 5. The maximum atomic E-state index is 6.19. The lowest BCUT2D eigenvalue weighted by Crippen LogP contribution is -2.41. The molecule has 1 aliphatic carbocycles. The van der Waals surface area contributed by atoms with Gasteiger partial charge in [-0.1, -0.05) is 31.4 Å². The Bertz CT molecular complexity index is 910. The molecule has 1 aliphatic heterocycles. The zero-order valence-corrected chi connectivity index (χ0v) is 19.0. The molecule has 0 amide bonds. The molecule has 1 saturated carbocycles. The summed E-state index contributed by atoms with van der Waals surface area (Å²) in [6.07, 6.45) is 6.05. The Labute approximate surface area is 185 Å². The summed E-state index contributed by atoms with van der Waals surface area (Å²) in [5, 5.41) is 6.82. The second-order valence-electron chi connectivity index (χ2n) is 9.67. The highest BCUT2D eigenvalue weighted by molar-refractivity contribution is 6.62. The second kappa shape index (κ2) is 8.24. The molecule has 0 radical (unpaired) electrons. The van der Waals surface area contributed by atoms with Crippen LogP contribution in [0.4, 0.5) is 28.7 Å². The molecule has 2 fully saturated rings. The molecular weight excluding hydrogens is 389 g/mol. The highest BCUT2D eigenvalue weighted by Crippen LogP contribution is 2.36. The van der Waals surface area contributed by atoms with Gasteiger partial charge in [0.1, 0.15) is 5.82 Å². The molecule has 0 spiro atoms. The molecule has 1 aromatic carbocycles. The van der Waals surface area contributed by atoms with E-state index in [0.717, 1.165) is 24.0 Å². The summed E-state index contributed by atoms with van der Waals surface area (Å²) in [6.45, 7) is 8.22. The molecular formula is C23H34BN5O2. The van der Waals surface area contributed by atoms with Crippen LogP contribution in [0.3, 0.4) is 0 Å². The average molecular weight is 423 g/mol. The van der Waals surface area contributed by atoms with Crippen molar-refractivity contribution in [2.24, 2.45) is 0 Å². The van der Waals surface area contributed by atoms with E-state index in [-0.39, 0.29) is 18.3 Å². The number of nitrogens with zero attached hydrogens (tertiary/aromatic N) is 1. The van der Waals surface area contributed by atoms with Gasteiger partial charge in [-0.2, -0.15) is 0 Å². The number of nitrogens with one attached hydrogen (secondary N) is 2. The van der Waals surface area contributed by atoms with Gasteiger partial charge in [-0.3, -0.25) is 0 Å². The summed E-state index contributed by atoms with van der Waals surface area (Å²) < 4.78 is 12.3. The van der Waals surface area contributed by atoms with Crippen LogP contribution in [-0.4, -0.2) is 29.3 Å². The molecule has 0 bridgehead atoms. The van der Waals surface area contributed by atoms with Crippen LogP contribution in [0.2, 0.25) is 0 Å². The van der Waals surface area contributed by atoms with Gasteiger partial charge < -0.3 is 31.4 Å². The van der Waals surface area contributed by atoms with Gasteiger partial charge in [-0.25, -0.2) is 4.98 Å². The summed E-state index contributed by atoms with van der Waals surface area (Å²) >= 11 is 0. The number of pyridine rings is 1. The molecule has 2 aromatic rings. The normalized spacial score (nSPS) is 20.6. The minimum Gasteiger partial charge on any atom is -0.399 e. The van der Waals surface area contributed by atoms with Gasteiger partial charge in [-0.05, 0) is 58.1 Å². The molecule has 2 heterocycles. The number of benzene rings is 1. The van der Waals surface area contributed by atoms with Crippen molar-refractivity contribution in [1.29, 1.82) is 0 Å². The summed E-state index contributed by atoms with van der Waals surface area (Å²) in [5.74, 6) is 1.32. The third kappa shape index (κ3) is 4.60. The number of aromatic nitrogens is 1. The van der Waals surface area contributed by atoms with Crippen LogP contribution in [0, 0.1) is 0 Å². The molecule has 8 heteroatoms. The quantitative estimate of drug-likeness (QED) is 0.538. The highest BCUT2D eigenvalue weighted by atomic mass is 16.7. The average Bonchev–Trinajstić information content (AvgIpc) is 2.94. The van der Waals surface area contributed by atoms with E-state index in [4.69, 9.17) is 20.8 Å². The van der Waals surface area contributed by atoms with E-state index >= 15 is 0 Å². The minimum absolute atomic E-state index is 0.359. The monoisotopic (exact) mass is 423 g/mol. The largest absolute Gasteiger partial charge is 0.494 e. The predicted octanol–water partition coefficient (Wildman–Crippen LogP) is 4.03. The number of nitrogens with two attached hydrogens (primary N) is 2. The maximum Gasteiger partial charge on any atom is 0.494 e. The molecule has 6 N–H and O–H groups in total. The van der Waals surface area contributed by atoms with Crippen LogP contribution in [0.1, 0.15) is 59.8 Å². The minimum atomic E-state index is -0.379. The van der Waals surface area contributed by atoms with E-state index < -0.39 is 0 Å². The molecule has 2 aliphatic rings. The molecule has 7 nitrogen and oxygen atoms in total. The van der Waals surface area contributed by atoms with Gasteiger partial charge in [0.05, 0.1) is 22.6 Å². The van der Waals surface area contributed by atoms with Gasteiger partial charge in [0, 0.05) is 17.8 Å². The molecule has 1 aromatic heterocycles. The van der Waals surface area contributed by atoms with Crippen molar-refractivity contribution in [3.63, 3.8) is 0 Å². The third-order valence-electron chi connectivity index (χ3n) is 6.75. The van der Waals surface area contributed by atoms with E-state index in [1.807, 2.05) is 24.3 Å². The van der Waals surface area contributed by atoms with Crippen LogP contribution in [0.25, 0.3) is 0 Å². The lowest BCUT2D eigenvalue weighted by molar-refractivity contribution is 0.00578. The molecule has 0 unspecified atom stereocenters. The van der Waals surface area contributed by atoms with Gasteiger partial charge in [0.25, 0.3) is 0 Å². The summed E-state index contributed by atoms with van der Waals surface area (Å²) in [6, 6.07) is 10.2. The number of hydrogen-bond donors (Lipinski definition) is 4. The Morgan fingerprint density at radius 3 is 2.19 bits per heavy atom. The van der Waals surface area contributed by atoms with E-state index in [2.05, 4.69) is 43.3 Å². The van der Waals surface area contributed by atoms with Gasteiger partial charge >= 0.3 is 7.12 Å². The zero-order valence-electron chi connectivity index (χ0n) is 19.0. The molecule has 166 valence electrons. The first-order valence-electron chi connectivity index (χ1n) is 11.2. The summed E-state index contributed by atoms with van der Waals surface area (Å²) in [4.78, 5) is 4.68. The van der Waals surface area contributed by atoms with Gasteiger partial charge in [-0.15, -0.1) is 0 Å². The topological polar surface area (TPSA) is 107 Å². The number of rotatable bonds is 5. The lowest BCUT2D eigenvalue weighted by atomic mass is 9.79. The Morgan fingerprint density at radius 1 is 0.968 bits per heavy atom. The van der Waals surface area contributed by atoms with Crippen molar-refractivity contribution in [1.82, 2.24) is 4.98 Å². The Hall–Kier alpha value is -2.45. The fourth-order valence-corrected chi connectivity index (χ4v) is 4.04. The second-order valence-corrected chi connectivity index (χ2v) is 9.67. The predicted molar refractivity (Wildman–Crippen MR) is 129 cm³/mol. The van der Waals surface area contributed by atoms with Crippen LogP contribution < -0.4 is 27.6 Å². The Morgan fingerprint density at radius 2 is 1.58 bits per heavy atom. The zero-order chi connectivity index (χ0) is 22.2. The first-order chi connectivity index (χ1) is 14.6. The van der Waals surface area contributed by atoms with Crippen LogP contribution in [0.15, 0.2) is 30.3 Å². The standard InChI is InChI=1S/C23H34BN5O2/c1-22(2)23(3,4)31-24(30-22)15-10-12-17(13-11-15)27-19-14-18(25)20(26)21(29-19)28-16-8-6-5-7-9-16/h10-14,16H,5-9,26H2,1-4H3,(H4,25,27,28,29). The fraction of sp³-hybridized carbons (Fsp3) is 0.522. The first-order valence-corrected chi connectivity index (χ1v) is 11.2. The first kappa shape index (κ1) is 21.8. The van der Waals surface area contributed by atoms with Crippen molar-refractivity contribution in [2.45, 2.75) is 77.0 Å². The molecule has 4 rings (SSSR count). The van der Waals surface area contributed by atoms with Crippen LogP contribution >= 0.6 is 0 Å². The van der Waals surface area contributed by atoms with Gasteiger partial charge in [0.15, 0.2) is 5.82 Å². The van der Waals surface area contributed by atoms with Crippen molar-refractivity contribution in [3.8, 4) is 0 Å². The van der Waals surface area contributed by atoms with Crippen molar-refractivity contribution in [2.75, 3.05) is 22.1 Å². The van der Waals surface area contributed by atoms with Crippen LogP contribution in [0.5, 0.6) is 0 Å². The maximum absolute atomic E-state index is 6.19. The van der Waals surface area contributed by atoms with Crippen molar-refractivity contribution >= 4 is 41.3 Å². The van der Waals surface area contributed by atoms with E-state index in [1.54, 1.807) is 6.07 Å². The fourth-order valence-electron chi connectivity index (χ4n) is 4.04. The van der Waals surface area contributed by atoms with Crippen molar-refractivity contribution in [3.05, 3.63) is 30.3 Å². The highest BCUT2D eigenvalue weighted by Gasteiger charge is 2.51. The van der Waals surface area contributed by atoms with E-state index in [9.17, 15) is 0 Å². The third-order valence-corrected chi connectivity index (χ3v) is 6.75. The summed E-state index contributed by atoms with van der Waals surface area (Å²) in [5.41, 5.74) is 14.5. The van der Waals surface area contributed by atoms with Crippen LogP contribution in [-0.2, 0) is 9.31 Å². The van der Waals surface area contributed by atoms with E-state index in [1.165, 1.54) is 19.3 Å². The summed E-state index contributed by atoms with van der Waals surface area (Å²) in [7, 11) is -0.379. The SMILES string of the molecule is CC1(C)OB(c2ccc(Nc3cc(N)c(N)c(NC4CCCCC4)n3)cc2)OC1(C)C.